The molecule has 1 fully saturated rings. The molecule has 1 aromatic rings. The molecule has 1 aliphatic rings. The van der Waals surface area contributed by atoms with Crippen LogP contribution in [0.15, 0.2) is 10.4 Å². The van der Waals surface area contributed by atoms with Gasteiger partial charge in [0, 0.05) is 56.5 Å². The van der Waals surface area contributed by atoms with Gasteiger partial charge in [-0.1, -0.05) is 20.8 Å². The van der Waals surface area contributed by atoms with Crippen molar-refractivity contribution in [2.24, 2.45) is 4.99 Å². The molecule has 0 spiro atoms. The van der Waals surface area contributed by atoms with Crippen molar-refractivity contribution in [1.29, 1.82) is 0 Å². The Balaban J connectivity index is 1.91. The van der Waals surface area contributed by atoms with E-state index in [1.807, 2.05) is 11.8 Å². The first-order valence-corrected chi connectivity index (χ1v) is 10.7. The van der Waals surface area contributed by atoms with E-state index in [0.29, 0.717) is 32.7 Å². The van der Waals surface area contributed by atoms with Crippen LogP contribution >= 0.6 is 11.3 Å². The highest BCUT2D eigenvalue weighted by Gasteiger charge is 2.41. The minimum atomic E-state index is -4.18. The number of halogens is 3. The van der Waals surface area contributed by atoms with Gasteiger partial charge in [-0.15, -0.1) is 11.3 Å². The van der Waals surface area contributed by atoms with Crippen LogP contribution in [0, 0.1) is 0 Å². The minimum absolute atomic E-state index is 0.0418. The van der Waals surface area contributed by atoms with E-state index in [4.69, 9.17) is 4.98 Å². The zero-order chi connectivity index (χ0) is 20.9. The molecule has 1 N–H and O–H groups in total. The summed E-state index contributed by atoms with van der Waals surface area (Å²) in [5.74, 6) is 0.773. The molecule has 1 atom stereocenters. The van der Waals surface area contributed by atoms with Gasteiger partial charge in [-0.3, -0.25) is 9.89 Å². The number of hydrogen-bond acceptors (Lipinski definition) is 4. The molecule has 28 heavy (non-hydrogen) atoms. The van der Waals surface area contributed by atoms with Gasteiger partial charge in [-0.2, -0.15) is 13.2 Å². The maximum atomic E-state index is 12.9. The number of aromatic nitrogens is 1. The van der Waals surface area contributed by atoms with Crippen LogP contribution in [0.3, 0.4) is 0 Å². The van der Waals surface area contributed by atoms with E-state index in [0.717, 1.165) is 29.6 Å². The number of rotatable bonds is 5. The van der Waals surface area contributed by atoms with Crippen molar-refractivity contribution in [3.8, 4) is 0 Å². The van der Waals surface area contributed by atoms with Crippen LogP contribution in [0.5, 0.6) is 0 Å². The molecule has 2 rings (SSSR count). The second kappa shape index (κ2) is 9.43. The standard InChI is InChI=1S/C19H32F3N5S/c1-6-23-17(24-8-7-16-25-15(13-28-16)18(3,4)5)27-11-9-26(10-12-27)14(2)19(20,21)22/h13-14H,6-12H2,1-5H3,(H,23,24). The Hall–Kier alpha value is -1.35. The second-order valence-electron chi connectivity index (χ2n) is 8.10. The van der Waals surface area contributed by atoms with E-state index < -0.39 is 12.2 Å². The Morgan fingerprint density at radius 2 is 1.89 bits per heavy atom. The summed E-state index contributed by atoms with van der Waals surface area (Å²) < 4.78 is 38.8. The average Bonchev–Trinajstić information content (AvgIpc) is 3.09. The highest BCUT2D eigenvalue weighted by molar-refractivity contribution is 7.09. The molecule has 0 aromatic carbocycles. The van der Waals surface area contributed by atoms with E-state index in [9.17, 15) is 13.2 Å². The van der Waals surface area contributed by atoms with Crippen molar-refractivity contribution < 1.29 is 13.2 Å². The Labute approximate surface area is 170 Å². The molecule has 1 unspecified atom stereocenters. The first-order valence-electron chi connectivity index (χ1n) is 9.81. The molecule has 1 saturated heterocycles. The molecule has 1 aromatic heterocycles. The molecule has 5 nitrogen and oxygen atoms in total. The Bertz CT molecular complexity index is 643. The van der Waals surface area contributed by atoms with Crippen LogP contribution in [-0.2, 0) is 11.8 Å². The third-order valence-electron chi connectivity index (χ3n) is 4.88. The van der Waals surface area contributed by atoms with Crippen LogP contribution < -0.4 is 5.32 Å². The van der Waals surface area contributed by atoms with Gasteiger partial charge in [0.15, 0.2) is 5.96 Å². The minimum Gasteiger partial charge on any atom is -0.357 e. The third kappa shape index (κ3) is 6.34. The van der Waals surface area contributed by atoms with Crippen LogP contribution in [0.2, 0.25) is 0 Å². The van der Waals surface area contributed by atoms with Crippen molar-refractivity contribution in [2.45, 2.75) is 58.7 Å². The molecular formula is C19H32F3N5S. The second-order valence-corrected chi connectivity index (χ2v) is 9.05. The lowest BCUT2D eigenvalue weighted by molar-refractivity contribution is -0.181. The molecular weight excluding hydrogens is 387 g/mol. The molecule has 0 amide bonds. The zero-order valence-corrected chi connectivity index (χ0v) is 18.3. The summed E-state index contributed by atoms with van der Waals surface area (Å²) in [6, 6.07) is -1.41. The highest BCUT2D eigenvalue weighted by atomic mass is 32.1. The van der Waals surface area contributed by atoms with E-state index >= 15 is 0 Å². The van der Waals surface area contributed by atoms with Crippen molar-refractivity contribution in [1.82, 2.24) is 20.1 Å². The predicted molar refractivity (Wildman–Crippen MR) is 109 cm³/mol. The molecule has 160 valence electrons. The van der Waals surface area contributed by atoms with E-state index in [1.54, 1.807) is 11.3 Å². The monoisotopic (exact) mass is 419 g/mol. The quantitative estimate of drug-likeness (QED) is 0.586. The van der Waals surface area contributed by atoms with E-state index in [-0.39, 0.29) is 5.41 Å². The Morgan fingerprint density at radius 1 is 1.25 bits per heavy atom. The number of piperazine rings is 1. The van der Waals surface area contributed by atoms with Gasteiger partial charge in [0.1, 0.15) is 6.04 Å². The number of thiazole rings is 1. The van der Waals surface area contributed by atoms with Crippen LogP contribution in [0.4, 0.5) is 13.2 Å². The predicted octanol–water partition coefficient (Wildman–Crippen LogP) is 3.52. The van der Waals surface area contributed by atoms with Crippen LogP contribution in [0.1, 0.15) is 45.3 Å². The van der Waals surface area contributed by atoms with Gasteiger partial charge < -0.3 is 10.2 Å². The maximum absolute atomic E-state index is 12.9. The van der Waals surface area contributed by atoms with Gasteiger partial charge in [0.2, 0.25) is 0 Å². The molecule has 2 heterocycles. The molecule has 0 aliphatic carbocycles. The molecule has 1 aliphatic heterocycles. The van der Waals surface area contributed by atoms with Crippen LogP contribution in [-0.4, -0.2) is 72.2 Å². The Kier molecular flexibility index (Phi) is 7.73. The Morgan fingerprint density at radius 3 is 2.39 bits per heavy atom. The zero-order valence-electron chi connectivity index (χ0n) is 17.4. The topological polar surface area (TPSA) is 43.8 Å². The fraction of sp³-hybridized carbons (Fsp3) is 0.789. The SMILES string of the molecule is CCNC(=NCCc1nc(C(C)(C)C)cs1)N1CCN(C(C)C(F)(F)F)CC1. The lowest BCUT2D eigenvalue weighted by atomic mass is 9.93. The summed E-state index contributed by atoms with van der Waals surface area (Å²) in [5.41, 5.74) is 1.14. The fourth-order valence-corrected chi connectivity index (χ4v) is 4.00. The van der Waals surface area contributed by atoms with Gasteiger partial charge in [-0.05, 0) is 13.8 Å². The third-order valence-corrected chi connectivity index (χ3v) is 5.79. The lowest BCUT2D eigenvalue weighted by Crippen LogP contribution is -2.56. The maximum Gasteiger partial charge on any atom is 0.403 e. The lowest BCUT2D eigenvalue weighted by Gasteiger charge is -2.39. The van der Waals surface area contributed by atoms with Crippen molar-refractivity contribution >= 4 is 17.3 Å². The average molecular weight is 420 g/mol. The highest BCUT2D eigenvalue weighted by Crippen LogP contribution is 2.25. The molecule has 0 radical (unpaired) electrons. The summed E-state index contributed by atoms with van der Waals surface area (Å²) in [6.07, 6.45) is -3.42. The molecule has 0 saturated carbocycles. The normalized spacial score (nSPS) is 18.4. The van der Waals surface area contributed by atoms with Gasteiger partial charge in [0.25, 0.3) is 0 Å². The number of guanidine groups is 1. The number of nitrogens with zero attached hydrogens (tertiary/aromatic N) is 4. The molecule has 0 bridgehead atoms. The number of nitrogens with one attached hydrogen (secondary N) is 1. The summed E-state index contributed by atoms with van der Waals surface area (Å²) in [4.78, 5) is 12.9. The first-order chi connectivity index (χ1) is 13.0. The molecule has 9 heteroatoms. The summed E-state index contributed by atoms with van der Waals surface area (Å²) in [6.45, 7) is 12.8. The van der Waals surface area contributed by atoms with E-state index in [2.05, 4.69) is 36.5 Å². The summed E-state index contributed by atoms with van der Waals surface area (Å²) in [7, 11) is 0. The van der Waals surface area contributed by atoms with E-state index in [1.165, 1.54) is 11.8 Å². The van der Waals surface area contributed by atoms with Gasteiger partial charge in [-0.25, -0.2) is 4.98 Å². The van der Waals surface area contributed by atoms with Crippen molar-refractivity contribution in [2.75, 3.05) is 39.3 Å². The van der Waals surface area contributed by atoms with Crippen molar-refractivity contribution in [3.63, 3.8) is 0 Å². The van der Waals surface area contributed by atoms with Crippen LogP contribution in [0.25, 0.3) is 0 Å². The van der Waals surface area contributed by atoms with Gasteiger partial charge >= 0.3 is 6.18 Å². The number of aliphatic imine (C=N–C) groups is 1. The fourth-order valence-electron chi connectivity index (χ4n) is 2.98. The van der Waals surface area contributed by atoms with Crippen molar-refractivity contribution in [3.05, 3.63) is 16.1 Å². The number of alkyl halides is 3. The summed E-state index contributed by atoms with van der Waals surface area (Å²) in [5, 5.41) is 6.43. The first kappa shape index (κ1) is 22.9. The number of hydrogen-bond donors (Lipinski definition) is 1. The van der Waals surface area contributed by atoms with Gasteiger partial charge in [0.05, 0.1) is 10.7 Å². The smallest absolute Gasteiger partial charge is 0.357 e. The summed E-state index contributed by atoms with van der Waals surface area (Å²) >= 11 is 1.66. The largest absolute Gasteiger partial charge is 0.403 e.